The van der Waals surface area contributed by atoms with Gasteiger partial charge in [-0.1, -0.05) is 36.4 Å². The average Bonchev–Trinajstić information content (AvgIpc) is 3.14. The Bertz CT molecular complexity index is 1200. The van der Waals surface area contributed by atoms with Crippen LogP contribution in [0.2, 0.25) is 0 Å². The van der Waals surface area contributed by atoms with Gasteiger partial charge in [0, 0.05) is 19.3 Å². The Hall–Kier alpha value is -3.45. The number of amides is 2. The van der Waals surface area contributed by atoms with Gasteiger partial charge in [0.1, 0.15) is 11.9 Å². The number of nitrogens with zero attached hydrogens (tertiary/aromatic N) is 1. The second-order valence-corrected chi connectivity index (χ2v) is 9.35. The van der Waals surface area contributed by atoms with Crippen molar-refractivity contribution in [1.82, 2.24) is 5.06 Å². The van der Waals surface area contributed by atoms with Crippen LogP contribution in [0.15, 0.2) is 48.5 Å². The lowest BCUT2D eigenvalue weighted by molar-refractivity contribution is -0.197. The predicted octanol–water partition coefficient (Wildman–Crippen LogP) is 3.58. The van der Waals surface area contributed by atoms with E-state index in [0.29, 0.717) is 29.2 Å². The third-order valence-corrected chi connectivity index (χ3v) is 6.27. The van der Waals surface area contributed by atoms with E-state index in [4.69, 9.17) is 9.57 Å². The van der Waals surface area contributed by atoms with Crippen LogP contribution in [0.4, 0.5) is 13.2 Å². The second kappa shape index (κ2) is 11.1. The van der Waals surface area contributed by atoms with E-state index in [2.05, 4.69) is 4.18 Å². The van der Waals surface area contributed by atoms with Gasteiger partial charge >= 0.3 is 21.6 Å². The highest BCUT2D eigenvalue weighted by molar-refractivity contribution is 7.87. The lowest BCUT2D eigenvalue weighted by Gasteiger charge is -2.20. The molecular formula is C23H22F3NO8S. The minimum absolute atomic E-state index is 0.00995. The molecule has 0 unspecified atom stereocenters. The van der Waals surface area contributed by atoms with E-state index < -0.39 is 39.5 Å². The maximum atomic E-state index is 13.0. The highest BCUT2D eigenvalue weighted by atomic mass is 32.2. The van der Waals surface area contributed by atoms with Crippen molar-refractivity contribution in [3.05, 3.63) is 65.2 Å². The van der Waals surface area contributed by atoms with Crippen molar-refractivity contribution >= 4 is 27.9 Å². The second-order valence-electron chi connectivity index (χ2n) is 7.79. The van der Waals surface area contributed by atoms with Gasteiger partial charge in [-0.25, -0.2) is 4.79 Å². The summed E-state index contributed by atoms with van der Waals surface area (Å²) >= 11 is 0. The summed E-state index contributed by atoms with van der Waals surface area (Å²) in [5.74, 6) is -1.49. The van der Waals surface area contributed by atoms with Gasteiger partial charge in [0.05, 0.1) is 7.11 Å². The van der Waals surface area contributed by atoms with Crippen LogP contribution >= 0.6 is 0 Å². The number of aryl methyl sites for hydroxylation is 1. The number of rotatable bonds is 10. The topological polar surface area (TPSA) is 116 Å². The Morgan fingerprint density at radius 3 is 2.00 bits per heavy atom. The van der Waals surface area contributed by atoms with E-state index >= 15 is 0 Å². The Kier molecular flexibility index (Phi) is 8.35. The molecule has 0 aliphatic carbocycles. The average molecular weight is 529 g/mol. The van der Waals surface area contributed by atoms with Crippen molar-refractivity contribution in [2.45, 2.75) is 43.7 Å². The lowest BCUT2D eigenvalue weighted by atomic mass is 9.99. The van der Waals surface area contributed by atoms with Gasteiger partial charge in [-0.3, -0.25) is 13.8 Å². The van der Waals surface area contributed by atoms with Crippen LogP contribution in [0.25, 0.3) is 0 Å². The van der Waals surface area contributed by atoms with Crippen molar-refractivity contribution in [3.63, 3.8) is 0 Å². The number of halogens is 3. The molecule has 0 saturated carbocycles. The van der Waals surface area contributed by atoms with E-state index in [1.165, 1.54) is 43.5 Å². The number of ether oxygens (including phenoxy) is 1. The highest BCUT2D eigenvalue weighted by Crippen LogP contribution is 2.35. The van der Waals surface area contributed by atoms with Crippen molar-refractivity contribution in [2.75, 3.05) is 7.11 Å². The molecule has 0 spiro atoms. The molecule has 1 saturated heterocycles. The quantitative estimate of drug-likeness (QED) is 0.261. The number of alkyl halides is 3. The first-order valence-electron chi connectivity index (χ1n) is 10.7. The summed E-state index contributed by atoms with van der Waals surface area (Å²) in [5.41, 5.74) is -4.59. The van der Waals surface area contributed by atoms with Gasteiger partial charge in [0.15, 0.2) is 0 Å². The van der Waals surface area contributed by atoms with E-state index in [1.54, 1.807) is 12.1 Å². The van der Waals surface area contributed by atoms with Crippen LogP contribution in [0.5, 0.6) is 5.75 Å². The minimum Gasteiger partial charge on any atom is -0.497 e. The summed E-state index contributed by atoms with van der Waals surface area (Å²) in [6.07, 6.45) is -1.00. The van der Waals surface area contributed by atoms with Gasteiger partial charge in [-0.15, -0.1) is 5.06 Å². The normalized spacial score (nSPS) is 15.2. The molecule has 0 N–H and O–H groups in total. The molecule has 1 fully saturated rings. The molecule has 2 amide bonds. The smallest absolute Gasteiger partial charge is 0.497 e. The number of hydrogen-bond acceptors (Lipinski definition) is 8. The molecule has 0 bridgehead atoms. The first-order chi connectivity index (χ1) is 16.9. The summed E-state index contributed by atoms with van der Waals surface area (Å²) in [5, 5.41) is 0.464. The number of benzene rings is 2. The first-order valence-corrected chi connectivity index (χ1v) is 12.1. The summed E-state index contributed by atoms with van der Waals surface area (Å²) < 4.78 is 71.9. The summed E-state index contributed by atoms with van der Waals surface area (Å²) in [6.45, 7) is 0. The number of hydrogen-bond donors (Lipinski definition) is 0. The van der Waals surface area contributed by atoms with Gasteiger partial charge < -0.3 is 9.57 Å². The van der Waals surface area contributed by atoms with Crippen LogP contribution in [0, 0.1) is 0 Å². The number of hydroxylamine groups is 2. The maximum absolute atomic E-state index is 13.0. The molecule has 9 nitrogen and oxygen atoms in total. The van der Waals surface area contributed by atoms with E-state index in [1.807, 2.05) is 0 Å². The van der Waals surface area contributed by atoms with Crippen molar-refractivity contribution < 1.29 is 49.7 Å². The minimum atomic E-state index is -5.90. The van der Waals surface area contributed by atoms with Gasteiger partial charge in [-0.2, -0.15) is 21.6 Å². The predicted molar refractivity (Wildman–Crippen MR) is 117 cm³/mol. The zero-order valence-corrected chi connectivity index (χ0v) is 19.8. The first kappa shape index (κ1) is 27.1. The molecule has 36 heavy (non-hydrogen) atoms. The Labute approximate surface area is 204 Å². The molecule has 1 aliphatic heterocycles. The molecule has 3 rings (SSSR count). The maximum Gasteiger partial charge on any atom is 0.523 e. The fourth-order valence-corrected chi connectivity index (χ4v) is 3.95. The molecule has 2 aromatic carbocycles. The van der Waals surface area contributed by atoms with Crippen molar-refractivity contribution in [3.8, 4) is 5.75 Å². The van der Waals surface area contributed by atoms with Crippen LogP contribution in [0.1, 0.15) is 48.5 Å². The molecule has 0 radical (unpaired) electrons. The van der Waals surface area contributed by atoms with Gasteiger partial charge in [-0.05, 0) is 41.7 Å². The molecule has 1 heterocycles. The SMILES string of the molecule is COc1ccc([C@@H](OS(=O)(=O)C(F)(F)F)c2ccc(CCCC(=O)ON3C(=O)CCC3=O)cc2)cc1. The highest BCUT2D eigenvalue weighted by Gasteiger charge is 2.49. The number of carbonyl (C=O) groups is 3. The largest absolute Gasteiger partial charge is 0.523 e. The third-order valence-electron chi connectivity index (χ3n) is 5.25. The van der Waals surface area contributed by atoms with E-state index in [9.17, 15) is 36.0 Å². The van der Waals surface area contributed by atoms with Crippen LogP contribution in [0.3, 0.4) is 0 Å². The molecule has 0 aromatic heterocycles. The van der Waals surface area contributed by atoms with Crippen LogP contribution in [-0.2, 0) is 39.9 Å². The Morgan fingerprint density at radius 2 is 1.50 bits per heavy atom. The van der Waals surface area contributed by atoms with Crippen LogP contribution < -0.4 is 4.74 Å². The number of carbonyl (C=O) groups excluding carboxylic acids is 3. The fourth-order valence-electron chi connectivity index (χ4n) is 3.36. The van der Waals surface area contributed by atoms with Crippen molar-refractivity contribution in [1.29, 1.82) is 0 Å². The number of imide groups is 1. The fraction of sp³-hybridized carbons (Fsp3) is 0.348. The number of methoxy groups -OCH3 is 1. The lowest BCUT2D eigenvalue weighted by Crippen LogP contribution is -2.31. The zero-order valence-electron chi connectivity index (χ0n) is 19.0. The summed E-state index contributed by atoms with van der Waals surface area (Å²) in [4.78, 5) is 39.7. The summed E-state index contributed by atoms with van der Waals surface area (Å²) in [7, 11) is -4.49. The molecule has 2 aromatic rings. The Balaban J connectivity index is 1.68. The molecule has 13 heteroatoms. The monoisotopic (exact) mass is 529 g/mol. The molecular weight excluding hydrogens is 507 g/mol. The zero-order chi connectivity index (χ0) is 26.5. The molecule has 1 aliphatic rings. The standard InChI is InChI=1S/C23H22F3NO8S/c1-33-18-11-9-17(10-12-18)22(35-36(31,32)23(24,25)26)16-7-5-15(6-8-16)3-2-4-21(30)34-27-19(28)13-14-20(27)29/h5-12,22H,2-4,13-14H2,1H3/t22-/m0/s1. The van der Waals surface area contributed by atoms with Crippen molar-refractivity contribution in [2.24, 2.45) is 0 Å². The molecule has 194 valence electrons. The van der Waals surface area contributed by atoms with Gasteiger partial charge in [0.25, 0.3) is 11.8 Å². The molecule has 1 atom stereocenters. The van der Waals surface area contributed by atoms with Crippen LogP contribution in [-0.4, -0.2) is 43.9 Å². The van der Waals surface area contributed by atoms with E-state index in [-0.39, 0.29) is 30.4 Å². The Morgan fingerprint density at radius 1 is 0.972 bits per heavy atom. The third kappa shape index (κ3) is 6.61. The van der Waals surface area contributed by atoms with Gasteiger partial charge in [0.2, 0.25) is 0 Å². The van der Waals surface area contributed by atoms with E-state index in [0.717, 1.165) is 0 Å². The summed E-state index contributed by atoms with van der Waals surface area (Å²) in [6, 6.07) is 11.7.